The van der Waals surface area contributed by atoms with Crippen LogP contribution in [0.1, 0.15) is 10.9 Å². The van der Waals surface area contributed by atoms with Gasteiger partial charge in [0.15, 0.2) is 5.38 Å². The minimum Gasteiger partial charge on any atom is -0.480 e. The zero-order valence-corrected chi connectivity index (χ0v) is 8.16. The minimum absolute atomic E-state index is 0.694. The Labute approximate surface area is 86.1 Å². The average molecular weight is 219 g/mol. The van der Waals surface area contributed by atoms with Gasteiger partial charge in [0.1, 0.15) is 0 Å². The summed E-state index contributed by atoms with van der Waals surface area (Å²) in [7, 11) is 0. The molecular formula is C9H8Cl2O2. The summed E-state index contributed by atoms with van der Waals surface area (Å²) < 4.78 is 0. The molecule has 1 rings (SSSR count). The standard InChI is InChI=1S/C9H8Cl2O2/c10-7(8(11)9(12)13)6-4-2-1-3-5-6/h1-5,7-8H,(H,12,13)/t7-,8+/m0/s1. The molecule has 0 aliphatic carbocycles. The van der Waals surface area contributed by atoms with Gasteiger partial charge in [-0.05, 0) is 5.56 Å². The first-order chi connectivity index (χ1) is 6.13. The topological polar surface area (TPSA) is 37.3 Å². The van der Waals surface area contributed by atoms with Crippen molar-refractivity contribution >= 4 is 29.2 Å². The Morgan fingerprint density at radius 1 is 1.23 bits per heavy atom. The zero-order valence-electron chi connectivity index (χ0n) is 6.65. The third-order valence-electron chi connectivity index (χ3n) is 1.61. The Hall–Kier alpha value is -0.730. The minimum atomic E-state index is -1.11. The maximum atomic E-state index is 10.5. The highest BCUT2D eigenvalue weighted by atomic mass is 35.5. The number of carboxylic acid groups (broad SMARTS) is 1. The second-order valence-electron chi connectivity index (χ2n) is 2.55. The van der Waals surface area contributed by atoms with Crippen LogP contribution >= 0.6 is 23.2 Å². The molecule has 4 heteroatoms. The molecule has 1 N–H and O–H groups in total. The molecule has 13 heavy (non-hydrogen) atoms. The SMILES string of the molecule is O=C(O)[C@H](Cl)[C@@H](Cl)c1ccccc1. The molecule has 2 nitrogen and oxygen atoms in total. The lowest BCUT2D eigenvalue weighted by atomic mass is 10.1. The lowest BCUT2D eigenvalue weighted by molar-refractivity contribution is -0.136. The summed E-state index contributed by atoms with van der Waals surface area (Å²) in [6.45, 7) is 0. The van der Waals surface area contributed by atoms with Gasteiger partial charge in [0, 0.05) is 0 Å². The highest BCUT2D eigenvalue weighted by molar-refractivity contribution is 6.36. The van der Waals surface area contributed by atoms with Gasteiger partial charge in [0.2, 0.25) is 0 Å². The van der Waals surface area contributed by atoms with Gasteiger partial charge in [0.05, 0.1) is 5.38 Å². The molecule has 0 saturated heterocycles. The molecular weight excluding hydrogens is 211 g/mol. The molecule has 1 aromatic carbocycles. The third kappa shape index (κ3) is 2.61. The summed E-state index contributed by atoms with van der Waals surface area (Å²) in [4.78, 5) is 10.5. The lowest BCUT2D eigenvalue weighted by Gasteiger charge is -2.11. The van der Waals surface area contributed by atoms with E-state index in [4.69, 9.17) is 28.3 Å². The van der Waals surface area contributed by atoms with Gasteiger partial charge in [-0.3, -0.25) is 4.79 Å². The fourth-order valence-corrected chi connectivity index (χ4v) is 1.33. The van der Waals surface area contributed by atoms with Gasteiger partial charge >= 0.3 is 5.97 Å². The van der Waals surface area contributed by atoms with Gasteiger partial charge in [-0.15, -0.1) is 23.2 Å². The van der Waals surface area contributed by atoms with E-state index in [0.717, 1.165) is 0 Å². The first-order valence-electron chi connectivity index (χ1n) is 3.69. The molecule has 0 saturated carbocycles. The van der Waals surface area contributed by atoms with Gasteiger partial charge < -0.3 is 5.11 Å². The van der Waals surface area contributed by atoms with E-state index in [0.29, 0.717) is 5.56 Å². The highest BCUT2D eigenvalue weighted by Crippen LogP contribution is 2.27. The van der Waals surface area contributed by atoms with Crippen LogP contribution in [-0.4, -0.2) is 16.5 Å². The first-order valence-corrected chi connectivity index (χ1v) is 4.56. The number of rotatable bonds is 3. The van der Waals surface area contributed by atoms with Crippen molar-refractivity contribution in [3.05, 3.63) is 35.9 Å². The summed E-state index contributed by atoms with van der Waals surface area (Å²) in [5.41, 5.74) is 0.714. The second kappa shape index (κ2) is 4.49. The van der Waals surface area contributed by atoms with Crippen molar-refractivity contribution in [1.82, 2.24) is 0 Å². The molecule has 1 aromatic rings. The van der Waals surface area contributed by atoms with Crippen LogP contribution in [0.5, 0.6) is 0 Å². The van der Waals surface area contributed by atoms with Crippen LogP contribution in [0, 0.1) is 0 Å². The number of hydrogen-bond acceptors (Lipinski definition) is 1. The third-order valence-corrected chi connectivity index (χ3v) is 2.68. The van der Waals surface area contributed by atoms with E-state index in [1.807, 2.05) is 6.07 Å². The van der Waals surface area contributed by atoms with Crippen molar-refractivity contribution in [2.45, 2.75) is 10.8 Å². The Morgan fingerprint density at radius 3 is 2.23 bits per heavy atom. The van der Waals surface area contributed by atoms with Gasteiger partial charge in [-0.2, -0.15) is 0 Å². The van der Waals surface area contributed by atoms with Crippen LogP contribution in [0.4, 0.5) is 0 Å². The second-order valence-corrected chi connectivity index (χ2v) is 3.49. The molecule has 0 radical (unpaired) electrons. The number of carbonyl (C=O) groups is 1. The summed E-state index contributed by atoms with van der Waals surface area (Å²) >= 11 is 11.4. The van der Waals surface area contributed by atoms with Crippen LogP contribution < -0.4 is 0 Å². The first kappa shape index (κ1) is 10.4. The van der Waals surface area contributed by atoms with Crippen LogP contribution in [-0.2, 0) is 4.79 Å². The molecule has 0 heterocycles. The highest BCUT2D eigenvalue weighted by Gasteiger charge is 2.24. The summed E-state index contributed by atoms with van der Waals surface area (Å²) in [5, 5.41) is 6.81. The quantitative estimate of drug-likeness (QED) is 0.793. The monoisotopic (exact) mass is 218 g/mol. The smallest absolute Gasteiger partial charge is 0.323 e. The maximum Gasteiger partial charge on any atom is 0.323 e. The predicted molar refractivity (Wildman–Crippen MR) is 52.3 cm³/mol. The van der Waals surface area contributed by atoms with Gasteiger partial charge in [0.25, 0.3) is 0 Å². The normalized spacial score (nSPS) is 14.9. The Balaban J connectivity index is 2.79. The predicted octanol–water partition coefficient (Wildman–Crippen LogP) is 2.66. The van der Waals surface area contributed by atoms with Crippen molar-refractivity contribution in [1.29, 1.82) is 0 Å². The van der Waals surface area contributed by atoms with Crippen molar-refractivity contribution in [3.8, 4) is 0 Å². The van der Waals surface area contributed by atoms with Crippen LogP contribution in [0.15, 0.2) is 30.3 Å². The number of hydrogen-bond donors (Lipinski definition) is 1. The summed E-state index contributed by atoms with van der Waals surface area (Å²) in [6.07, 6.45) is 0. The molecule has 0 amide bonds. The molecule has 0 aliphatic heterocycles. The molecule has 0 fully saturated rings. The van der Waals surface area contributed by atoms with Crippen molar-refractivity contribution in [2.75, 3.05) is 0 Å². The average Bonchev–Trinajstić information content (AvgIpc) is 2.17. The van der Waals surface area contributed by atoms with E-state index in [2.05, 4.69) is 0 Å². The largest absolute Gasteiger partial charge is 0.480 e. The molecule has 2 atom stereocenters. The zero-order chi connectivity index (χ0) is 9.84. The molecule has 70 valence electrons. The van der Waals surface area contributed by atoms with Crippen molar-refractivity contribution in [3.63, 3.8) is 0 Å². The van der Waals surface area contributed by atoms with E-state index in [1.54, 1.807) is 24.3 Å². The Bertz CT molecular complexity index is 287. The van der Waals surface area contributed by atoms with Gasteiger partial charge in [-0.25, -0.2) is 0 Å². The van der Waals surface area contributed by atoms with Crippen molar-refractivity contribution < 1.29 is 9.90 Å². The van der Waals surface area contributed by atoms with E-state index in [9.17, 15) is 4.79 Å². The Kier molecular flexibility index (Phi) is 3.58. The van der Waals surface area contributed by atoms with Crippen LogP contribution in [0.3, 0.4) is 0 Å². The number of benzene rings is 1. The fraction of sp³-hybridized carbons (Fsp3) is 0.222. The number of halogens is 2. The molecule has 0 spiro atoms. The Morgan fingerprint density at radius 2 is 1.77 bits per heavy atom. The summed E-state index contributed by atoms with van der Waals surface area (Å²) in [6, 6.07) is 8.90. The van der Waals surface area contributed by atoms with E-state index in [1.165, 1.54) is 0 Å². The van der Waals surface area contributed by atoms with Crippen molar-refractivity contribution in [2.24, 2.45) is 0 Å². The van der Waals surface area contributed by atoms with Gasteiger partial charge in [-0.1, -0.05) is 30.3 Å². The molecule has 0 aliphatic rings. The van der Waals surface area contributed by atoms with E-state index in [-0.39, 0.29) is 0 Å². The lowest BCUT2D eigenvalue weighted by Crippen LogP contribution is -2.18. The number of aliphatic carboxylic acids is 1. The van der Waals surface area contributed by atoms with Crippen LogP contribution in [0.25, 0.3) is 0 Å². The van der Waals surface area contributed by atoms with E-state index < -0.39 is 16.7 Å². The maximum absolute atomic E-state index is 10.5. The number of alkyl halides is 2. The molecule has 0 bridgehead atoms. The molecule has 0 aromatic heterocycles. The van der Waals surface area contributed by atoms with E-state index >= 15 is 0 Å². The fourth-order valence-electron chi connectivity index (χ4n) is 0.931. The summed E-state index contributed by atoms with van der Waals surface area (Å²) in [5.74, 6) is -1.11. The van der Waals surface area contributed by atoms with Crippen LogP contribution in [0.2, 0.25) is 0 Å². The number of carboxylic acids is 1. The molecule has 0 unspecified atom stereocenters.